The summed E-state index contributed by atoms with van der Waals surface area (Å²) in [7, 11) is 0. The summed E-state index contributed by atoms with van der Waals surface area (Å²) in [5.74, 6) is 2.10. The maximum absolute atomic E-state index is 12.3. The molecule has 110 valence electrons. The maximum Gasteiger partial charge on any atom is 0.226 e. The first kappa shape index (κ1) is 15.4. The fraction of sp³-hybridized carbons (Fsp3) is 0.562. The minimum Gasteiger partial charge on any atom is -0.393 e. The number of hydrogen-bond donors (Lipinski definition) is 1. The highest BCUT2D eigenvalue weighted by molar-refractivity contribution is 7.98. The number of nitrogens with zero attached hydrogens (tertiary/aromatic N) is 1. The van der Waals surface area contributed by atoms with Crippen LogP contribution in [0.3, 0.4) is 0 Å². The topological polar surface area (TPSA) is 40.5 Å². The van der Waals surface area contributed by atoms with Gasteiger partial charge < -0.3 is 10.0 Å². The average Bonchev–Trinajstić information content (AvgIpc) is 2.48. The van der Waals surface area contributed by atoms with Gasteiger partial charge in [-0.3, -0.25) is 4.79 Å². The molecule has 1 atom stereocenters. The van der Waals surface area contributed by atoms with Gasteiger partial charge in [-0.15, -0.1) is 0 Å². The lowest BCUT2D eigenvalue weighted by molar-refractivity contribution is -0.136. The molecular weight excluding hydrogens is 270 g/mol. The van der Waals surface area contributed by atoms with E-state index < -0.39 is 0 Å². The Bertz CT molecular complexity index is 416. The molecule has 1 aromatic rings. The van der Waals surface area contributed by atoms with Crippen molar-refractivity contribution in [3.05, 3.63) is 35.9 Å². The summed E-state index contributed by atoms with van der Waals surface area (Å²) < 4.78 is 0. The molecule has 20 heavy (non-hydrogen) atoms. The van der Waals surface area contributed by atoms with Crippen molar-refractivity contribution in [3.63, 3.8) is 0 Å². The van der Waals surface area contributed by atoms with Crippen molar-refractivity contribution in [2.75, 3.05) is 18.8 Å². The number of aliphatic hydroxyl groups is 1. The normalized spacial score (nSPS) is 18.0. The van der Waals surface area contributed by atoms with Crippen LogP contribution in [-0.4, -0.2) is 40.9 Å². The number of carbonyl (C=O) groups is 1. The molecule has 1 N–H and O–H groups in total. The summed E-state index contributed by atoms with van der Waals surface area (Å²) in [5, 5.41) is 9.47. The van der Waals surface area contributed by atoms with Gasteiger partial charge in [0.05, 0.1) is 6.10 Å². The van der Waals surface area contributed by atoms with Gasteiger partial charge >= 0.3 is 0 Å². The zero-order valence-corrected chi connectivity index (χ0v) is 12.8. The van der Waals surface area contributed by atoms with Crippen molar-refractivity contribution in [2.24, 2.45) is 5.92 Å². The van der Waals surface area contributed by atoms with Crippen LogP contribution in [0.5, 0.6) is 0 Å². The van der Waals surface area contributed by atoms with Crippen molar-refractivity contribution in [2.45, 2.75) is 31.6 Å². The van der Waals surface area contributed by atoms with Gasteiger partial charge in [-0.05, 0) is 18.4 Å². The van der Waals surface area contributed by atoms with E-state index >= 15 is 0 Å². The predicted molar refractivity (Wildman–Crippen MR) is 83.6 cm³/mol. The zero-order valence-electron chi connectivity index (χ0n) is 12.0. The summed E-state index contributed by atoms with van der Waals surface area (Å²) >= 11 is 1.81. The zero-order chi connectivity index (χ0) is 14.4. The molecular formula is C16H23NO2S. The molecule has 0 aromatic heterocycles. The summed E-state index contributed by atoms with van der Waals surface area (Å²) in [4.78, 5) is 14.2. The molecule has 0 spiro atoms. The third kappa shape index (κ3) is 4.53. The van der Waals surface area contributed by atoms with E-state index in [9.17, 15) is 9.90 Å². The third-order valence-corrected chi connectivity index (χ3v) is 4.95. The van der Waals surface area contributed by atoms with Crippen LogP contribution in [0.2, 0.25) is 0 Å². The summed E-state index contributed by atoms with van der Waals surface area (Å²) in [6.07, 6.45) is 1.22. The fourth-order valence-electron chi connectivity index (χ4n) is 2.40. The quantitative estimate of drug-likeness (QED) is 0.907. The Morgan fingerprint density at radius 2 is 2.00 bits per heavy atom. The highest BCUT2D eigenvalue weighted by atomic mass is 32.2. The Balaban J connectivity index is 1.71. The van der Waals surface area contributed by atoms with Crippen molar-refractivity contribution in [1.29, 1.82) is 0 Å². The first-order valence-corrected chi connectivity index (χ1v) is 8.41. The molecule has 0 saturated carbocycles. The first-order valence-electron chi connectivity index (χ1n) is 7.25. The minimum absolute atomic E-state index is 0.0546. The Morgan fingerprint density at radius 3 is 2.65 bits per heavy atom. The second-order valence-corrected chi connectivity index (χ2v) is 6.49. The molecule has 1 aliphatic heterocycles. The van der Waals surface area contributed by atoms with Gasteiger partial charge in [0.2, 0.25) is 5.91 Å². The maximum atomic E-state index is 12.3. The number of thioether (sulfide) groups is 1. The van der Waals surface area contributed by atoms with Gasteiger partial charge in [-0.2, -0.15) is 11.8 Å². The largest absolute Gasteiger partial charge is 0.393 e. The molecule has 0 aliphatic carbocycles. The van der Waals surface area contributed by atoms with Crippen molar-refractivity contribution in [1.82, 2.24) is 4.90 Å². The van der Waals surface area contributed by atoms with Gasteiger partial charge in [0.1, 0.15) is 0 Å². The van der Waals surface area contributed by atoms with Gasteiger partial charge in [0, 0.05) is 30.5 Å². The van der Waals surface area contributed by atoms with Crippen LogP contribution < -0.4 is 0 Å². The molecule has 0 bridgehead atoms. The summed E-state index contributed by atoms with van der Waals surface area (Å²) in [5.41, 5.74) is 1.30. The van der Waals surface area contributed by atoms with Crippen LogP contribution in [-0.2, 0) is 10.5 Å². The molecule has 0 radical (unpaired) electrons. The van der Waals surface area contributed by atoms with Crippen molar-refractivity contribution in [3.8, 4) is 0 Å². The van der Waals surface area contributed by atoms with E-state index in [0.717, 1.165) is 24.3 Å². The number of likely N-dealkylation sites (tertiary alicyclic amines) is 1. The lowest BCUT2D eigenvalue weighted by Gasteiger charge is -2.31. The van der Waals surface area contributed by atoms with Crippen molar-refractivity contribution < 1.29 is 9.90 Å². The van der Waals surface area contributed by atoms with Crippen molar-refractivity contribution >= 4 is 17.7 Å². The number of amides is 1. The molecule has 1 heterocycles. The molecule has 1 saturated heterocycles. The third-order valence-electron chi connectivity index (χ3n) is 3.68. The van der Waals surface area contributed by atoms with Gasteiger partial charge in [0.25, 0.3) is 0 Å². The molecule has 2 rings (SSSR count). The van der Waals surface area contributed by atoms with Crippen LogP contribution in [0.15, 0.2) is 30.3 Å². The summed E-state index contributed by atoms with van der Waals surface area (Å²) in [6, 6.07) is 10.3. The SMILES string of the molecule is CC(CSCc1ccccc1)C(=O)N1CCC(O)CC1. The highest BCUT2D eigenvalue weighted by Gasteiger charge is 2.24. The van der Waals surface area contributed by atoms with E-state index in [2.05, 4.69) is 12.1 Å². The van der Waals surface area contributed by atoms with Crippen LogP contribution in [0.25, 0.3) is 0 Å². The molecule has 4 heteroatoms. The molecule has 1 amide bonds. The van der Waals surface area contributed by atoms with Gasteiger partial charge in [0.15, 0.2) is 0 Å². The number of carbonyl (C=O) groups excluding carboxylic acids is 1. The van der Waals surface area contributed by atoms with E-state index in [-0.39, 0.29) is 17.9 Å². The van der Waals surface area contributed by atoms with Crippen LogP contribution in [0.1, 0.15) is 25.3 Å². The van der Waals surface area contributed by atoms with Crippen LogP contribution in [0.4, 0.5) is 0 Å². The molecule has 1 unspecified atom stereocenters. The Kier molecular flexibility index (Phi) is 5.92. The fourth-order valence-corrected chi connectivity index (χ4v) is 3.44. The Hall–Kier alpha value is -1.00. The number of piperidine rings is 1. The van der Waals surface area contributed by atoms with E-state index in [4.69, 9.17) is 0 Å². The van der Waals surface area contributed by atoms with Gasteiger partial charge in [-0.1, -0.05) is 37.3 Å². The highest BCUT2D eigenvalue weighted by Crippen LogP contribution is 2.19. The molecule has 1 aromatic carbocycles. The number of benzene rings is 1. The average molecular weight is 293 g/mol. The van der Waals surface area contributed by atoms with E-state index in [1.807, 2.05) is 41.8 Å². The number of rotatable bonds is 5. The second kappa shape index (κ2) is 7.70. The Labute approximate surface area is 125 Å². The lowest BCUT2D eigenvalue weighted by atomic mass is 10.1. The van der Waals surface area contributed by atoms with E-state index in [1.165, 1.54) is 5.56 Å². The smallest absolute Gasteiger partial charge is 0.226 e. The number of aliphatic hydroxyl groups excluding tert-OH is 1. The molecule has 1 aliphatic rings. The standard InChI is InChI=1S/C16H23NO2S/c1-13(11-20-12-14-5-3-2-4-6-14)16(19)17-9-7-15(18)8-10-17/h2-6,13,15,18H,7-12H2,1H3. The second-order valence-electron chi connectivity index (χ2n) is 5.46. The predicted octanol–water partition coefficient (Wildman–Crippen LogP) is 2.54. The van der Waals surface area contributed by atoms with Gasteiger partial charge in [-0.25, -0.2) is 0 Å². The van der Waals surface area contributed by atoms with Crippen LogP contribution in [0, 0.1) is 5.92 Å². The first-order chi connectivity index (χ1) is 9.66. The molecule has 3 nitrogen and oxygen atoms in total. The number of hydrogen-bond acceptors (Lipinski definition) is 3. The minimum atomic E-state index is -0.221. The lowest BCUT2D eigenvalue weighted by Crippen LogP contribution is -2.43. The van der Waals surface area contributed by atoms with E-state index in [0.29, 0.717) is 13.1 Å². The van der Waals surface area contributed by atoms with Crippen LogP contribution >= 0.6 is 11.8 Å². The summed E-state index contributed by atoms with van der Waals surface area (Å²) in [6.45, 7) is 3.41. The van der Waals surface area contributed by atoms with E-state index in [1.54, 1.807) is 0 Å². The monoisotopic (exact) mass is 293 g/mol. The Morgan fingerprint density at radius 1 is 1.35 bits per heavy atom. The molecule has 1 fully saturated rings.